The van der Waals surface area contributed by atoms with Crippen LogP contribution < -0.4 is 9.97 Å². The summed E-state index contributed by atoms with van der Waals surface area (Å²) in [7, 11) is 0. The first kappa shape index (κ1) is 10.2. The molecule has 0 saturated heterocycles. The predicted octanol–water partition coefficient (Wildman–Crippen LogP) is 2.37. The van der Waals surface area contributed by atoms with E-state index in [1.54, 1.807) is 20.3 Å². The summed E-state index contributed by atoms with van der Waals surface area (Å²) in [6.45, 7) is 0. The molecule has 2 nitrogen and oxygen atoms in total. The summed E-state index contributed by atoms with van der Waals surface area (Å²) in [6, 6.07) is 7.65. The second-order valence-corrected chi connectivity index (χ2v) is 2.36. The number of hydrogen-bond donors (Lipinski definition) is 0. The molecule has 1 heterocycles. The number of nitrogens with zero attached hydrogens (tertiary/aromatic N) is 2. The molecule has 0 fully saturated rings. The third-order valence-corrected chi connectivity index (χ3v) is 1.50. The molecule has 0 atom stereocenters. The van der Waals surface area contributed by atoms with Crippen molar-refractivity contribution < 1.29 is 12.8 Å². The topological polar surface area (TPSA) is 28.2 Å². The minimum absolute atomic E-state index is 0.432. The van der Waals surface area contributed by atoms with E-state index in [-0.39, 0.29) is 0 Å². The molecule has 2 aromatic rings. The van der Waals surface area contributed by atoms with Gasteiger partial charge in [0.2, 0.25) is 0 Å². The van der Waals surface area contributed by atoms with Crippen LogP contribution in [0.5, 0.6) is 0 Å². The van der Waals surface area contributed by atoms with Crippen molar-refractivity contribution in [3.05, 3.63) is 29.0 Å². The van der Waals surface area contributed by atoms with Gasteiger partial charge in [0, 0.05) is 0 Å². The first-order valence-corrected chi connectivity index (χ1v) is 6.49. The molecule has 12 heavy (non-hydrogen) atoms. The standard InChI is InChI=1S/C7H5N2S.Cu.HI/c10-7-8-5-3-1-2-4-6(5)9-7;;/h1-4H,(H-,8,9,10);;1H/q-1;+1;/p-2. The Morgan fingerprint density at radius 1 is 1.08 bits per heavy atom. The van der Waals surface area contributed by atoms with Crippen LogP contribution in [0.1, 0.15) is 0 Å². The Balaban J connectivity index is 0.000000336. The van der Waals surface area contributed by atoms with Gasteiger partial charge in [0.1, 0.15) is 0 Å². The maximum atomic E-state index is 4.79. The number of halogens is 1. The molecule has 2 rings (SSSR count). The molecule has 68 valence electrons. The Morgan fingerprint density at radius 2 is 1.50 bits per heavy atom. The molecule has 0 spiro atoms. The van der Waals surface area contributed by atoms with Crippen molar-refractivity contribution in [2.75, 3.05) is 0 Å². The number of aromatic nitrogens is 2. The first-order valence-electron chi connectivity index (χ1n) is 3.04. The number of rotatable bonds is 0. The molecule has 0 radical (unpaired) electrons. The summed E-state index contributed by atoms with van der Waals surface area (Å²) in [5, 5.41) is 0. The van der Waals surface area contributed by atoms with Crippen molar-refractivity contribution in [3.63, 3.8) is 0 Å². The number of para-hydroxylation sites is 2. The van der Waals surface area contributed by atoms with E-state index < -0.39 is 0 Å². The van der Waals surface area contributed by atoms with E-state index in [1.807, 2.05) is 24.3 Å². The number of imidazole rings is 1. The van der Waals surface area contributed by atoms with Crippen LogP contribution in [0.4, 0.5) is 0 Å². The van der Waals surface area contributed by atoms with Gasteiger partial charge in [0.15, 0.2) is 0 Å². The average molecular weight is 339 g/mol. The zero-order valence-corrected chi connectivity index (χ0v) is 9.71. The fourth-order valence-electron chi connectivity index (χ4n) is 0.884. The molecule has 0 bridgehead atoms. The summed E-state index contributed by atoms with van der Waals surface area (Å²) < 4.78 is 0.432. The van der Waals surface area contributed by atoms with E-state index in [0.29, 0.717) is 4.77 Å². The second kappa shape index (κ2) is 5.01. The van der Waals surface area contributed by atoms with E-state index in [2.05, 4.69) is 22.7 Å². The van der Waals surface area contributed by atoms with Crippen LogP contribution in [0.25, 0.3) is 11.0 Å². The second-order valence-electron chi connectivity index (χ2n) is 1.99. The monoisotopic (exact) mass is 338 g/mol. The van der Waals surface area contributed by atoms with Gasteiger partial charge in [0.25, 0.3) is 0 Å². The normalized spacial score (nSPS) is 9.25. The van der Waals surface area contributed by atoms with Crippen molar-refractivity contribution in [1.82, 2.24) is 9.97 Å². The maximum absolute atomic E-state index is 4.79. The predicted molar refractivity (Wildman–Crippen MR) is 55.4 cm³/mol. The average Bonchev–Trinajstić information content (AvgIpc) is 2.48. The van der Waals surface area contributed by atoms with Gasteiger partial charge < -0.3 is 9.97 Å². The van der Waals surface area contributed by atoms with Crippen molar-refractivity contribution in [3.8, 4) is 0 Å². The summed E-state index contributed by atoms with van der Waals surface area (Å²) >= 11 is 10.7. The Labute approximate surface area is 94.7 Å². The Bertz CT molecular complexity index is 373. The summed E-state index contributed by atoms with van der Waals surface area (Å²) in [6.07, 6.45) is 0. The molecule has 1 aromatic heterocycles. The van der Waals surface area contributed by atoms with Gasteiger partial charge in [-0.2, -0.15) is 15.8 Å². The fourth-order valence-corrected chi connectivity index (χ4v) is 1.08. The van der Waals surface area contributed by atoms with E-state index >= 15 is 0 Å². The molecule has 5 heteroatoms. The number of benzene rings is 1. The Hall–Kier alpha value is 0.159. The number of fused-ring (bicyclic) bond motifs is 1. The van der Waals surface area contributed by atoms with Gasteiger partial charge in [-0.25, -0.2) is 0 Å². The van der Waals surface area contributed by atoms with E-state index in [1.165, 1.54) is 0 Å². The quantitative estimate of drug-likeness (QED) is 0.419. The van der Waals surface area contributed by atoms with Gasteiger partial charge in [-0.1, -0.05) is 24.3 Å². The van der Waals surface area contributed by atoms with Gasteiger partial charge in [-0.3, -0.25) is 0 Å². The third-order valence-electron chi connectivity index (χ3n) is 1.31. The molecule has 0 amide bonds. The van der Waals surface area contributed by atoms with Crippen LogP contribution in [0.3, 0.4) is 0 Å². The number of hydrogen-bond acceptors (Lipinski definition) is 1. The summed E-state index contributed by atoms with van der Waals surface area (Å²) in [5.41, 5.74) is 1.76. The van der Waals surface area contributed by atoms with E-state index in [0.717, 1.165) is 11.0 Å². The zero-order valence-electron chi connectivity index (χ0n) is 5.79. The molecule has 1 aromatic carbocycles. The van der Waals surface area contributed by atoms with Crippen molar-refractivity contribution in [1.29, 1.82) is 0 Å². The Morgan fingerprint density at radius 3 is 1.92 bits per heavy atom. The molecule has 0 aliphatic heterocycles. The molecule has 0 aliphatic rings. The molecular formula is C7H4CuIN2S-2. The first-order chi connectivity index (χ1) is 5.86. The Kier molecular flexibility index (Phi) is 4.28. The SMILES string of the molecule is S=c1[n-]c2ccccc2[n-]1.[Cu][I]. The van der Waals surface area contributed by atoms with Crippen LogP contribution in [-0.2, 0) is 12.8 Å². The van der Waals surface area contributed by atoms with Crippen LogP contribution in [0.15, 0.2) is 24.3 Å². The van der Waals surface area contributed by atoms with Crippen molar-refractivity contribution in [2.45, 2.75) is 0 Å². The zero-order chi connectivity index (χ0) is 8.97. The van der Waals surface area contributed by atoms with Crippen LogP contribution in [0, 0.1) is 4.77 Å². The molecule has 0 unspecified atom stereocenters. The summed E-state index contributed by atoms with van der Waals surface area (Å²) in [5.74, 6) is 0. The van der Waals surface area contributed by atoms with Gasteiger partial charge in [-0.05, 0) is 0 Å². The van der Waals surface area contributed by atoms with E-state index in [4.69, 9.17) is 12.2 Å². The van der Waals surface area contributed by atoms with Crippen LogP contribution >= 0.6 is 32.6 Å². The van der Waals surface area contributed by atoms with Crippen molar-refractivity contribution in [2.24, 2.45) is 0 Å². The third kappa shape index (κ3) is 2.32. The van der Waals surface area contributed by atoms with Crippen molar-refractivity contribution >= 4 is 43.6 Å². The molecule has 0 aliphatic carbocycles. The molecule has 0 N–H and O–H groups in total. The minimum atomic E-state index is 0.432. The summed E-state index contributed by atoms with van der Waals surface area (Å²) in [4.78, 5) is 8.03. The fraction of sp³-hybridized carbons (Fsp3) is 0. The van der Waals surface area contributed by atoms with Gasteiger partial charge >= 0.3 is 33.1 Å². The van der Waals surface area contributed by atoms with Crippen LogP contribution in [-0.4, -0.2) is 0 Å². The molecular weight excluding hydrogens is 335 g/mol. The van der Waals surface area contributed by atoms with Gasteiger partial charge in [-0.15, -0.1) is 12.2 Å². The molecule has 0 saturated carbocycles. The van der Waals surface area contributed by atoms with Crippen LogP contribution in [0.2, 0.25) is 0 Å². The van der Waals surface area contributed by atoms with E-state index in [9.17, 15) is 0 Å². The van der Waals surface area contributed by atoms with Gasteiger partial charge in [0.05, 0.1) is 0 Å².